The minimum absolute atomic E-state index is 0.252. The normalized spacial score (nSPS) is 19.3. The summed E-state index contributed by atoms with van der Waals surface area (Å²) in [6, 6.07) is 13.3. The quantitative estimate of drug-likeness (QED) is 0.374. The highest BCUT2D eigenvalue weighted by Crippen LogP contribution is 2.32. The zero-order valence-electron chi connectivity index (χ0n) is 21.5. The number of nitrogens with zero attached hydrogens (tertiary/aromatic N) is 6. The van der Waals surface area contributed by atoms with Gasteiger partial charge in [0.25, 0.3) is 0 Å². The first-order chi connectivity index (χ1) is 18.3. The van der Waals surface area contributed by atoms with Crippen LogP contribution in [0.2, 0.25) is 0 Å². The summed E-state index contributed by atoms with van der Waals surface area (Å²) in [5.74, 6) is 1.84. The van der Waals surface area contributed by atoms with Gasteiger partial charge in [-0.2, -0.15) is 0 Å². The Kier molecular flexibility index (Phi) is 7.16. The first-order valence-corrected chi connectivity index (χ1v) is 13.3. The molecule has 0 amide bonds. The molecule has 1 atom stereocenters. The Morgan fingerprint density at radius 2 is 1.78 bits per heavy atom. The van der Waals surface area contributed by atoms with Crippen molar-refractivity contribution in [2.45, 2.75) is 25.4 Å². The van der Waals surface area contributed by atoms with Crippen LogP contribution in [0.25, 0.3) is 21.9 Å². The van der Waals surface area contributed by atoms with Crippen LogP contribution in [0.1, 0.15) is 18.4 Å². The number of aromatic amines is 1. The molecule has 0 unspecified atom stereocenters. The zero-order valence-corrected chi connectivity index (χ0v) is 21.5. The van der Waals surface area contributed by atoms with E-state index in [2.05, 4.69) is 71.0 Å². The van der Waals surface area contributed by atoms with Crippen LogP contribution in [0.15, 0.2) is 49.1 Å². The Morgan fingerprint density at radius 1 is 0.946 bits per heavy atom. The number of hydrogen-bond donors (Lipinski definition) is 1. The molecule has 2 aromatic carbocycles. The van der Waals surface area contributed by atoms with Crippen molar-refractivity contribution in [1.82, 2.24) is 29.7 Å². The van der Waals surface area contributed by atoms with E-state index in [4.69, 9.17) is 9.47 Å². The summed E-state index contributed by atoms with van der Waals surface area (Å²) < 4.78 is 11.7. The first-order valence-electron chi connectivity index (χ1n) is 13.3. The summed E-state index contributed by atoms with van der Waals surface area (Å²) in [6.07, 6.45) is 5.47. The molecule has 0 aliphatic carbocycles. The van der Waals surface area contributed by atoms with Crippen LogP contribution in [-0.4, -0.2) is 95.4 Å². The van der Waals surface area contributed by atoms with Gasteiger partial charge in [-0.1, -0.05) is 30.3 Å². The molecule has 2 saturated heterocycles. The van der Waals surface area contributed by atoms with Crippen molar-refractivity contribution in [3.05, 3.63) is 54.6 Å². The number of benzene rings is 2. The third kappa shape index (κ3) is 5.12. The second-order valence-electron chi connectivity index (χ2n) is 9.98. The van der Waals surface area contributed by atoms with E-state index in [0.29, 0.717) is 6.61 Å². The van der Waals surface area contributed by atoms with Crippen LogP contribution in [0.4, 0.5) is 5.82 Å². The van der Waals surface area contributed by atoms with E-state index in [1.165, 1.54) is 16.3 Å². The first kappa shape index (κ1) is 24.1. The summed E-state index contributed by atoms with van der Waals surface area (Å²) >= 11 is 0. The molecule has 2 fully saturated rings. The van der Waals surface area contributed by atoms with Gasteiger partial charge in [0.1, 0.15) is 24.2 Å². The van der Waals surface area contributed by atoms with Crippen LogP contribution in [0.3, 0.4) is 0 Å². The SMILES string of the molecule is COCCN1CCN(Cc2ccc(OC[C@H]3CCCN3c3ncnc4[nH]cnc34)c3ccccc23)CC1. The number of imidazole rings is 1. The van der Waals surface area contributed by atoms with E-state index >= 15 is 0 Å². The van der Waals surface area contributed by atoms with Crippen molar-refractivity contribution in [2.75, 3.05) is 64.5 Å². The van der Waals surface area contributed by atoms with Crippen LogP contribution in [-0.2, 0) is 11.3 Å². The standard InChI is InChI=1S/C28H35N7O2/c1-36-16-15-33-11-13-34(14-12-33)17-21-8-9-25(24-7-3-2-6-23(21)24)37-18-22-5-4-10-35(22)28-26-27(30-19-29-26)31-20-32-28/h2-3,6-9,19-20,22H,4-5,10-18H2,1H3,(H,29,30,31,32)/t22-/m1/s1. The average Bonchev–Trinajstić information content (AvgIpc) is 3.62. The number of fused-ring (bicyclic) bond motifs is 2. The van der Waals surface area contributed by atoms with Gasteiger partial charge in [-0.25, -0.2) is 15.0 Å². The maximum atomic E-state index is 6.50. The smallest absolute Gasteiger partial charge is 0.162 e. The molecule has 2 aliphatic rings. The number of ether oxygens (including phenoxy) is 2. The van der Waals surface area contributed by atoms with E-state index in [9.17, 15) is 0 Å². The Labute approximate surface area is 217 Å². The Hall–Kier alpha value is -3.27. The molecule has 2 aromatic heterocycles. The summed E-state index contributed by atoms with van der Waals surface area (Å²) in [5, 5.41) is 2.46. The van der Waals surface area contributed by atoms with E-state index in [1.54, 1.807) is 19.8 Å². The number of methoxy groups -OCH3 is 1. The van der Waals surface area contributed by atoms with E-state index in [-0.39, 0.29) is 6.04 Å². The van der Waals surface area contributed by atoms with Crippen molar-refractivity contribution in [2.24, 2.45) is 0 Å². The Bertz CT molecular complexity index is 1330. The van der Waals surface area contributed by atoms with E-state index in [0.717, 1.165) is 88.0 Å². The van der Waals surface area contributed by atoms with Gasteiger partial charge < -0.3 is 19.4 Å². The molecule has 0 radical (unpaired) electrons. The number of rotatable bonds is 9. The predicted molar refractivity (Wildman–Crippen MR) is 145 cm³/mol. The Morgan fingerprint density at radius 3 is 2.65 bits per heavy atom. The van der Waals surface area contributed by atoms with Crippen LogP contribution in [0, 0.1) is 0 Å². The molecule has 37 heavy (non-hydrogen) atoms. The van der Waals surface area contributed by atoms with Crippen molar-refractivity contribution < 1.29 is 9.47 Å². The molecule has 9 heteroatoms. The van der Waals surface area contributed by atoms with Crippen molar-refractivity contribution in [3.63, 3.8) is 0 Å². The third-order valence-electron chi connectivity index (χ3n) is 7.72. The van der Waals surface area contributed by atoms with Crippen LogP contribution >= 0.6 is 0 Å². The lowest BCUT2D eigenvalue weighted by Crippen LogP contribution is -2.46. The molecule has 0 spiro atoms. The monoisotopic (exact) mass is 501 g/mol. The molecule has 9 nitrogen and oxygen atoms in total. The second kappa shape index (κ2) is 11.0. The van der Waals surface area contributed by atoms with Crippen LogP contribution in [0.5, 0.6) is 5.75 Å². The van der Waals surface area contributed by atoms with Gasteiger partial charge >= 0.3 is 0 Å². The molecule has 194 valence electrons. The maximum absolute atomic E-state index is 6.50. The molecule has 6 rings (SSSR count). The predicted octanol–water partition coefficient (Wildman–Crippen LogP) is 3.32. The molecule has 1 N–H and O–H groups in total. The van der Waals surface area contributed by atoms with Gasteiger partial charge in [-0.3, -0.25) is 9.80 Å². The highest BCUT2D eigenvalue weighted by molar-refractivity contribution is 5.91. The third-order valence-corrected chi connectivity index (χ3v) is 7.72. The summed E-state index contributed by atoms with van der Waals surface area (Å²) in [7, 11) is 1.77. The summed E-state index contributed by atoms with van der Waals surface area (Å²) in [6.45, 7) is 8.70. The lowest BCUT2D eigenvalue weighted by atomic mass is 10.0. The minimum Gasteiger partial charge on any atom is -0.491 e. The minimum atomic E-state index is 0.252. The van der Waals surface area contributed by atoms with Gasteiger partial charge in [0.05, 0.1) is 19.0 Å². The number of H-pyrrole nitrogens is 1. The second-order valence-corrected chi connectivity index (χ2v) is 9.98. The number of aromatic nitrogens is 4. The highest BCUT2D eigenvalue weighted by atomic mass is 16.5. The largest absolute Gasteiger partial charge is 0.491 e. The molecule has 0 saturated carbocycles. The highest BCUT2D eigenvalue weighted by Gasteiger charge is 2.29. The molecule has 0 bridgehead atoms. The number of anilines is 1. The van der Waals surface area contributed by atoms with Gasteiger partial charge in [-0.15, -0.1) is 0 Å². The number of nitrogens with one attached hydrogen (secondary N) is 1. The fraction of sp³-hybridized carbons (Fsp3) is 0.464. The fourth-order valence-corrected chi connectivity index (χ4v) is 5.67. The number of hydrogen-bond acceptors (Lipinski definition) is 8. The fourth-order valence-electron chi connectivity index (χ4n) is 5.67. The lowest BCUT2D eigenvalue weighted by Gasteiger charge is -2.34. The summed E-state index contributed by atoms with van der Waals surface area (Å²) in [5.41, 5.74) is 2.95. The van der Waals surface area contributed by atoms with Crippen molar-refractivity contribution >= 4 is 27.8 Å². The van der Waals surface area contributed by atoms with E-state index < -0.39 is 0 Å². The van der Waals surface area contributed by atoms with E-state index in [1.807, 2.05) is 0 Å². The number of piperazine rings is 1. The van der Waals surface area contributed by atoms with Gasteiger partial charge in [0, 0.05) is 58.3 Å². The Balaban J connectivity index is 1.15. The maximum Gasteiger partial charge on any atom is 0.162 e. The van der Waals surface area contributed by atoms with Crippen molar-refractivity contribution in [3.8, 4) is 5.75 Å². The van der Waals surface area contributed by atoms with Gasteiger partial charge in [-0.05, 0) is 29.9 Å². The van der Waals surface area contributed by atoms with Gasteiger partial charge in [0.2, 0.25) is 0 Å². The summed E-state index contributed by atoms with van der Waals surface area (Å²) in [4.78, 5) is 23.8. The van der Waals surface area contributed by atoms with Crippen LogP contribution < -0.4 is 9.64 Å². The average molecular weight is 502 g/mol. The molecular formula is C28H35N7O2. The molecule has 4 aromatic rings. The zero-order chi connectivity index (χ0) is 25.0. The lowest BCUT2D eigenvalue weighted by molar-refractivity contribution is 0.0940. The topological polar surface area (TPSA) is 82.6 Å². The molecule has 2 aliphatic heterocycles. The molecule has 4 heterocycles. The van der Waals surface area contributed by atoms with Gasteiger partial charge in [0.15, 0.2) is 11.5 Å². The molecular weight excluding hydrogens is 466 g/mol. The van der Waals surface area contributed by atoms with Crippen molar-refractivity contribution in [1.29, 1.82) is 0 Å².